The van der Waals surface area contributed by atoms with Crippen LogP contribution in [0, 0.1) is 17.0 Å². The Morgan fingerprint density at radius 2 is 2.00 bits per heavy atom. The summed E-state index contributed by atoms with van der Waals surface area (Å²) in [7, 11) is 0. The number of anilines is 3. The number of aryl methyl sites for hydroxylation is 1. The van der Waals surface area contributed by atoms with Crippen LogP contribution in [0.1, 0.15) is 37.9 Å². The minimum Gasteiger partial charge on any atom is -0.361 e. The van der Waals surface area contributed by atoms with Crippen LogP contribution >= 0.6 is 0 Å². The van der Waals surface area contributed by atoms with Gasteiger partial charge in [-0.05, 0) is 19.8 Å². The average Bonchev–Trinajstić information content (AvgIpc) is 2.93. The van der Waals surface area contributed by atoms with Crippen molar-refractivity contribution in [3.63, 3.8) is 0 Å². The Balaban J connectivity index is 1.87. The summed E-state index contributed by atoms with van der Waals surface area (Å²) < 4.78 is 4.95. The highest BCUT2D eigenvalue weighted by Gasteiger charge is 2.26. The molecule has 0 aromatic carbocycles. The maximum Gasteiger partial charge on any atom is 0.353 e. The topological polar surface area (TPSA) is 119 Å². The first kappa shape index (κ1) is 15.2. The highest BCUT2D eigenvalue weighted by atomic mass is 16.6. The first-order valence-electron chi connectivity index (χ1n) is 7.60. The van der Waals surface area contributed by atoms with Crippen molar-refractivity contribution in [2.45, 2.75) is 45.1 Å². The third-order valence-corrected chi connectivity index (χ3v) is 3.83. The quantitative estimate of drug-likeness (QED) is 0.637. The fourth-order valence-corrected chi connectivity index (χ4v) is 2.74. The van der Waals surface area contributed by atoms with Crippen molar-refractivity contribution in [2.24, 2.45) is 0 Å². The van der Waals surface area contributed by atoms with Crippen LogP contribution in [-0.2, 0) is 0 Å². The summed E-state index contributed by atoms with van der Waals surface area (Å²) in [5, 5.41) is 21.2. The molecule has 1 aliphatic rings. The normalized spacial score (nSPS) is 15.3. The van der Waals surface area contributed by atoms with E-state index in [9.17, 15) is 10.1 Å². The minimum atomic E-state index is -0.486. The highest BCUT2D eigenvalue weighted by Crippen LogP contribution is 2.32. The van der Waals surface area contributed by atoms with Crippen LogP contribution in [0.5, 0.6) is 0 Å². The lowest BCUT2D eigenvalue weighted by Gasteiger charge is -2.23. The molecule has 0 unspecified atom stereocenters. The Bertz CT molecular complexity index is 696. The lowest BCUT2D eigenvalue weighted by atomic mass is 9.95. The van der Waals surface area contributed by atoms with Crippen molar-refractivity contribution >= 4 is 23.1 Å². The molecule has 0 amide bonds. The van der Waals surface area contributed by atoms with Crippen molar-refractivity contribution in [3.8, 4) is 0 Å². The molecule has 23 heavy (non-hydrogen) atoms. The third-order valence-electron chi connectivity index (χ3n) is 3.83. The third kappa shape index (κ3) is 3.55. The molecular formula is C14H18N6O3. The number of hydrogen-bond acceptors (Lipinski definition) is 8. The van der Waals surface area contributed by atoms with Gasteiger partial charge in [0, 0.05) is 12.1 Å². The van der Waals surface area contributed by atoms with Gasteiger partial charge in [0.1, 0.15) is 12.1 Å². The Morgan fingerprint density at radius 3 is 2.65 bits per heavy atom. The number of nitrogens with one attached hydrogen (secondary N) is 2. The maximum atomic E-state index is 11.5. The van der Waals surface area contributed by atoms with Crippen LogP contribution < -0.4 is 10.6 Å². The SMILES string of the molecule is Cc1cc(Nc2ncnc(NC3CCCCC3)c2[N+](=O)[O-])no1. The number of hydrogen-bond donors (Lipinski definition) is 2. The largest absolute Gasteiger partial charge is 0.361 e. The second kappa shape index (κ2) is 6.59. The van der Waals surface area contributed by atoms with Crippen molar-refractivity contribution in [3.05, 3.63) is 28.3 Å². The number of aromatic nitrogens is 3. The van der Waals surface area contributed by atoms with Crippen molar-refractivity contribution in [2.75, 3.05) is 10.6 Å². The second-order valence-corrected chi connectivity index (χ2v) is 5.60. The smallest absolute Gasteiger partial charge is 0.353 e. The van der Waals surface area contributed by atoms with Crippen LogP contribution in [0.4, 0.5) is 23.1 Å². The summed E-state index contributed by atoms with van der Waals surface area (Å²) in [6, 6.07) is 1.85. The van der Waals surface area contributed by atoms with Gasteiger partial charge in [0.15, 0.2) is 5.82 Å². The van der Waals surface area contributed by atoms with Crippen LogP contribution in [-0.4, -0.2) is 26.1 Å². The van der Waals surface area contributed by atoms with Crippen molar-refractivity contribution < 1.29 is 9.45 Å². The van der Waals surface area contributed by atoms with Crippen LogP contribution in [0.2, 0.25) is 0 Å². The van der Waals surface area contributed by atoms with Gasteiger partial charge in [-0.1, -0.05) is 24.4 Å². The van der Waals surface area contributed by atoms with E-state index in [0.29, 0.717) is 11.6 Å². The zero-order valence-corrected chi connectivity index (χ0v) is 12.8. The molecular weight excluding hydrogens is 300 g/mol. The van der Waals surface area contributed by atoms with E-state index in [1.165, 1.54) is 12.7 Å². The molecule has 3 rings (SSSR count). The molecule has 0 saturated heterocycles. The van der Waals surface area contributed by atoms with Gasteiger partial charge < -0.3 is 15.2 Å². The van der Waals surface area contributed by atoms with E-state index >= 15 is 0 Å². The lowest BCUT2D eigenvalue weighted by Crippen LogP contribution is -2.23. The molecule has 0 aliphatic heterocycles. The molecule has 0 spiro atoms. The molecule has 2 aromatic heterocycles. The zero-order valence-electron chi connectivity index (χ0n) is 12.8. The van der Waals surface area contributed by atoms with Gasteiger partial charge in [-0.2, -0.15) is 0 Å². The van der Waals surface area contributed by atoms with Crippen molar-refractivity contribution in [1.82, 2.24) is 15.1 Å². The molecule has 2 N–H and O–H groups in total. The molecule has 0 atom stereocenters. The van der Waals surface area contributed by atoms with E-state index in [1.54, 1.807) is 13.0 Å². The van der Waals surface area contributed by atoms with Crippen LogP contribution in [0.15, 0.2) is 16.9 Å². The minimum absolute atomic E-state index is 0.0941. The molecule has 2 heterocycles. The summed E-state index contributed by atoms with van der Waals surface area (Å²) >= 11 is 0. The molecule has 122 valence electrons. The van der Waals surface area contributed by atoms with E-state index in [-0.39, 0.29) is 23.4 Å². The summed E-state index contributed by atoms with van der Waals surface area (Å²) in [6.07, 6.45) is 6.74. The maximum absolute atomic E-state index is 11.5. The lowest BCUT2D eigenvalue weighted by molar-refractivity contribution is -0.383. The van der Waals surface area contributed by atoms with Gasteiger partial charge >= 0.3 is 5.69 Å². The standard InChI is InChI=1S/C14H18N6O3/c1-9-7-11(19-23-9)18-14-12(20(21)22)13(15-8-16-14)17-10-5-3-2-4-6-10/h7-8,10H,2-6H2,1H3,(H2,15,16,17,18,19). The number of nitrogens with zero attached hydrogens (tertiary/aromatic N) is 4. The van der Waals surface area contributed by atoms with Crippen LogP contribution in [0.25, 0.3) is 0 Å². The number of nitro groups is 1. The monoisotopic (exact) mass is 318 g/mol. The van der Waals surface area contributed by atoms with E-state index in [0.717, 1.165) is 25.7 Å². The Kier molecular flexibility index (Phi) is 4.35. The predicted octanol–water partition coefficient (Wildman–Crippen LogP) is 3.17. The summed E-state index contributed by atoms with van der Waals surface area (Å²) in [4.78, 5) is 19.0. The first-order chi connectivity index (χ1) is 11.1. The van der Waals surface area contributed by atoms with Gasteiger partial charge in [0.25, 0.3) is 0 Å². The van der Waals surface area contributed by atoms with Gasteiger partial charge in [-0.25, -0.2) is 9.97 Å². The van der Waals surface area contributed by atoms with E-state index < -0.39 is 4.92 Å². The molecule has 0 radical (unpaired) electrons. The zero-order chi connectivity index (χ0) is 16.2. The average molecular weight is 318 g/mol. The molecule has 9 heteroatoms. The first-order valence-corrected chi connectivity index (χ1v) is 7.60. The molecule has 1 saturated carbocycles. The summed E-state index contributed by atoms with van der Waals surface area (Å²) in [6.45, 7) is 1.74. The molecule has 1 fully saturated rings. The van der Waals surface area contributed by atoms with Crippen molar-refractivity contribution in [1.29, 1.82) is 0 Å². The van der Waals surface area contributed by atoms with E-state index in [4.69, 9.17) is 4.52 Å². The second-order valence-electron chi connectivity index (χ2n) is 5.60. The van der Waals surface area contributed by atoms with Gasteiger partial charge in [-0.15, -0.1) is 0 Å². The predicted molar refractivity (Wildman–Crippen MR) is 83.7 cm³/mol. The number of rotatable bonds is 5. The van der Waals surface area contributed by atoms with Gasteiger partial charge in [0.05, 0.1) is 4.92 Å². The van der Waals surface area contributed by atoms with E-state index in [2.05, 4.69) is 25.8 Å². The molecule has 9 nitrogen and oxygen atoms in total. The summed E-state index contributed by atoms with van der Waals surface area (Å²) in [5.74, 6) is 1.30. The van der Waals surface area contributed by atoms with Gasteiger partial charge in [0.2, 0.25) is 11.6 Å². The molecule has 1 aliphatic carbocycles. The molecule has 0 bridgehead atoms. The van der Waals surface area contributed by atoms with E-state index in [1.807, 2.05) is 0 Å². The summed E-state index contributed by atoms with van der Waals surface area (Å²) in [5.41, 5.74) is -0.182. The fourth-order valence-electron chi connectivity index (χ4n) is 2.74. The van der Waals surface area contributed by atoms with Gasteiger partial charge in [-0.3, -0.25) is 10.1 Å². The Hall–Kier alpha value is -2.71. The fraction of sp³-hybridized carbons (Fsp3) is 0.500. The highest BCUT2D eigenvalue weighted by molar-refractivity contribution is 5.72. The molecule has 2 aromatic rings. The Labute approximate surface area is 132 Å². The Morgan fingerprint density at radius 1 is 1.26 bits per heavy atom. The van der Waals surface area contributed by atoms with Crippen LogP contribution in [0.3, 0.4) is 0 Å².